The quantitative estimate of drug-likeness (QED) is 0.488. The van der Waals surface area contributed by atoms with Crippen molar-refractivity contribution >= 4 is 23.8 Å². The van der Waals surface area contributed by atoms with Gasteiger partial charge in [-0.3, -0.25) is 9.59 Å². The van der Waals surface area contributed by atoms with Crippen molar-refractivity contribution in [2.24, 2.45) is 11.7 Å². The Morgan fingerprint density at radius 2 is 1.68 bits per heavy atom. The smallest absolute Gasteiger partial charge is 0.246 e. The van der Waals surface area contributed by atoms with Crippen molar-refractivity contribution in [3.05, 3.63) is 29.3 Å². The molecule has 0 aromatic heterocycles. The maximum atomic E-state index is 12.5. The molecule has 0 aliphatic carbocycles. The van der Waals surface area contributed by atoms with Crippen LogP contribution in [0.1, 0.15) is 38.8 Å². The van der Waals surface area contributed by atoms with Gasteiger partial charge in [-0.2, -0.15) is 0 Å². The number of aldehydes is 1. The number of anilines is 1. The van der Waals surface area contributed by atoms with E-state index in [1.165, 1.54) is 0 Å². The fourth-order valence-corrected chi connectivity index (χ4v) is 2.36. The molecule has 0 aliphatic heterocycles. The van der Waals surface area contributed by atoms with Gasteiger partial charge in [0.05, 0.1) is 19.3 Å². The number of methoxy groups -OCH3 is 1. The van der Waals surface area contributed by atoms with Gasteiger partial charge in [-0.25, -0.2) is 0 Å². The van der Waals surface area contributed by atoms with Crippen LogP contribution in [-0.2, 0) is 37.1 Å². The summed E-state index contributed by atoms with van der Waals surface area (Å²) in [5, 5.41) is 5.40. The summed E-state index contributed by atoms with van der Waals surface area (Å²) in [5.74, 6) is -0.771. The van der Waals surface area contributed by atoms with Crippen LogP contribution in [0.2, 0.25) is 0 Å². The normalized spacial score (nSPS) is 14.2. The van der Waals surface area contributed by atoms with Crippen molar-refractivity contribution in [1.82, 2.24) is 5.32 Å². The number of amides is 2. The largest absolute Gasteiger partial charge is 0.380 e. The zero-order valence-electron chi connectivity index (χ0n) is 17.2. The summed E-state index contributed by atoms with van der Waals surface area (Å²) in [6.45, 7) is 7.50. The van der Waals surface area contributed by atoms with Crippen molar-refractivity contribution in [1.29, 1.82) is 0 Å². The fourth-order valence-electron chi connectivity index (χ4n) is 2.36. The van der Waals surface area contributed by atoms with Gasteiger partial charge in [0.1, 0.15) is 18.4 Å². The number of nitrogens with one attached hydrogen (secondary N) is 2. The first kappa shape index (κ1) is 23.7. The summed E-state index contributed by atoms with van der Waals surface area (Å²) in [5.41, 5.74) is 7.99. The van der Waals surface area contributed by atoms with Crippen LogP contribution in [0.5, 0.6) is 0 Å². The van der Waals surface area contributed by atoms with Gasteiger partial charge in [0.15, 0.2) is 0 Å². The molecule has 8 heteroatoms. The molecule has 156 valence electrons. The number of rotatable bonds is 11. The summed E-state index contributed by atoms with van der Waals surface area (Å²) >= 11 is 0. The second kappa shape index (κ2) is 11.5. The van der Waals surface area contributed by atoms with Gasteiger partial charge in [-0.05, 0) is 43.0 Å². The molecule has 28 heavy (non-hydrogen) atoms. The van der Waals surface area contributed by atoms with Crippen LogP contribution >= 0.6 is 0 Å². The lowest BCUT2D eigenvalue weighted by atomic mass is 10.0. The maximum absolute atomic E-state index is 12.5. The van der Waals surface area contributed by atoms with Crippen molar-refractivity contribution in [3.8, 4) is 0 Å². The third-order valence-corrected chi connectivity index (χ3v) is 4.11. The van der Waals surface area contributed by atoms with Gasteiger partial charge in [0.25, 0.3) is 0 Å². The molecular weight excluding hydrogens is 362 g/mol. The molecule has 0 saturated heterocycles. The minimum absolute atomic E-state index is 0.0303. The van der Waals surface area contributed by atoms with Gasteiger partial charge in [0.2, 0.25) is 11.8 Å². The molecule has 0 fully saturated rings. The Morgan fingerprint density at radius 1 is 1.07 bits per heavy atom. The zero-order valence-corrected chi connectivity index (χ0v) is 17.2. The van der Waals surface area contributed by atoms with Gasteiger partial charge in [-0.15, -0.1) is 0 Å². The minimum atomic E-state index is -0.752. The van der Waals surface area contributed by atoms with E-state index in [1.807, 2.05) is 19.9 Å². The van der Waals surface area contributed by atoms with Crippen LogP contribution in [-0.4, -0.2) is 43.4 Å². The first-order valence-electron chi connectivity index (χ1n) is 9.23. The van der Waals surface area contributed by atoms with E-state index in [0.29, 0.717) is 18.6 Å². The molecule has 1 rings (SSSR count). The lowest BCUT2D eigenvalue weighted by Crippen LogP contribution is -2.50. The Bertz CT molecular complexity index is 678. The van der Waals surface area contributed by atoms with Crippen molar-refractivity contribution in [3.63, 3.8) is 0 Å². The first-order chi connectivity index (χ1) is 13.2. The summed E-state index contributed by atoms with van der Waals surface area (Å²) in [7, 11) is 1.57. The molecule has 0 heterocycles. The Morgan fingerprint density at radius 3 is 2.21 bits per heavy atom. The molecule has 1 aromatic rings. The molecule has 1 unspecified atom stereocenters. The van der Waals surface area contributed by atoms with E-state index in [4.69, 9.17) is 15.2 Å². The van der Waals surface area contributed by atoms with E-state index in [9.17, 15) is 14.4 Å². The minimum Gasteiger partial charge on any atom is -0.380 e. The molecule has 4 N–H and O–H groups in total. The highest BCUT2D eigenvalue weighted by Gasteiger charge is 2.22. The summed E-state index contributed by atoms with van der Waals surface area (Å²) in [6.07, 6.45) is 0.193. The molecule has 1 aromatic carbocycles. The highest BCUT2D eigenvalue weighted by Crippen LogP contribution is 2.18. The van der Waals surface area contributed by atoms with Crippen LogP contribution in [0, 0.1) is 5.92 Å². The lowest BCUT2D eigenvalue weighted by Gasteiger charge is -2.20. The molecule has 0 saturated carbocycles. The molecular formula is C20H31N3O5. The fraction of sp³-hybridized carbons (Fsp3) is 0.550. The van der Waals surface area contributed by atoms with Crippen LogP contribution in [0.4, 0.5) is 5.69 Å². The Kier molecular flexibility index (Phi) is 9.78. The van der Waals surface area contributed by atoms with Gasteiger partial charge in [0, 0.05) is 12.8 Å². The molecule has 0 bridgehead atoms. The van der Waals surface area contributed by atoms with E-state index in [1.54, 1.807) is 33.1 Å². The molecule has 2 amide bonds. The van der Waals surface area contributed by atoms with Crippen LogP contribution < -0.4 is 16.4 Å². The number of ether oxygens (including phenoxy) is 2. The molecule has 0 aliphatic rings. The van der Waals surface area contributed by atoms with Crippen LogP contribution in [0.3, 0.4) is 0 Å². The standard InChI is InChI=1S/C20H31N3O5/c1-12(2)18(21)20(26)22-14(4)19(25)23-17-7-15(10-27-5)6-16(8-17)11-28-13(3)9-24/h6-9,12-14,18H,10-11,21H2,1-5H3,(H,22,26)(H,23,25)/t13?,14-,18-/m0/s1. The first-order valence-corrected chi connectivity index (χ1v) is 9.23. The van der Waals surface area contributed by atoms with Crippen LogP contribution in [0.15, 0.2) is 18.2 Å². The molecule has 8 nitrogen and oxygen atoms in total. The molecule has 0 spiro atoms. The Labute approximate surface area is 166 Å². The third kappa shape index (κ3) is 7.75. The number of hydrogen-bond donors (Lipinski definition) is 3. The van der Waals surface area contributed by atoms with Gasteiger partial charge >= 0.3 is 0 Å². The van der Waals surface area contributed by atoms with Crippen molar-refractivity contribution in [2.75, 3.05) is 12.4 Å². The second-order valence-corrected chi connectivity index (χ2v) is 7.11. The predicted molar refractivity (Wildman–Crippen MR) is 107 cm³/mol. The van der Waals surface area contributed by atoms with Crippen molar-refractivity contribution in [2.45, 2.75) is 59.1 Å². The second-order valence-electron chi connectivity index (χ2n) is 7.11. The average Bonchev–Trinajstić information content (AvgIpc) is 2.65. The summed E-state index contributed by atoms with van der Waals surface area (Å²) < 4.78 is 10.6. The topological polar surface area (TPSA) is 120 Å². The Balaban J connectivity index is 2.84. The predicted octanol–water partition coefficient (Wildman–Crippen LogP) is 1.36. The number of carbonyl (C=O) groups is 3. The summed E-state index contributed by atoms with van der Waals surface area (Å²) in [6, 6.07) is 3.98. The number of carbonyl (C=O) groups excluding carboxylic acids is 3. The van der Waals surface area contributed by atoms with Crippen molar-refractivity contribution < 1.29 is 23.9 Å². The molecule has 0 radical (unpaired) electrons. The number of benzene rings is 1. The lowest BCUT2D eigenvalue weighted by molar-refractivity contribution is -0.127. The van der Waals surface area contributed by atoms with E-state index in [-0.39, 0.29) is 24.3 Å². The highest BCUT2D eigenvalue weighted by molar-refractivity contribution is 5.97. The van der Waals surface area contributed by atoms with Crippen LogP contribution in [0.25, 0.3) is 0 Å². The van der Waals surface area contributed by atoms with E-state index >= 15 is 0 Å². The number of hydrogen-bond acceptors (Lipinski definition) is 6. The zero-order chi connectivity index (χ0) is 21.3. The average molecular weight is 393 g/mol. The third-order valence-electron chi connectivity index (χ3n) is 4.11. The van der Waals surface area contributed by atoms with Gasteiger partial charge in [-0.1, -0.05) is 19.9 Å². The molecule has 3 atom stereocenters. The maximum Gasteiger partial charge on any atom is 0.246 e. The highest BCUT2D eigenvalue weighted by atomic mass is 16.5. The van der Waals surface area contributed by atoms with E-state index in [0.717, 1.165) is 11.1 Å². The van der Waals surface area contributed by atoms with E-state index < -0.39 is 18.2 Å². The Hall–Kier alpha value is -2.29. The van der Waals surface area contributed by atoms with E-state index in [2.05, 4.69) is 10.6 Å². The monoisotopic (exact) mass is 393 g/mol. The summed E-state index contributed by atoms with van der Waals surface area (Å²) in [4.78, 5) is 35.2. The SMILES string of the molecule is COCc1cc(COC(C)C=O)cc(NC(=O)[C@H](C)NC(=O)[C@@H](N)C(C)C)c1. The van der Waals surface area contributed by atoms with Gasteiger partial charge < -0.3 is 30.6 Å². The number of nitrogens with two attached hydrogens (primary N) is 1.